The van der Waals surface area contributed by atoms with Crippen LogP contribution in [0.25, 0.3) is 11.2 Å². The van der Waals surface area contributed by atoms with Crippen molar-refractivity contribution in [3.8, 4) is 0 Å². The summed E-state index contributed by atoms with van der Waals surface area (Å²) in [5.41, 5.74) is 1.01. The van der Waals surface area contributed by atoms with Gasteiger partial charge in [0.25, 0.3) is 0 Å². The number of nitrogens with one attached hydrogen (secondary N) is 1. The molecule has 0 unspecified atom stereocenters. The predicted molar refractivity (Wildman–Crippen MR) is 71.2 cm³/mol. The number of aromatic amines is 1. The number of aliphatic hydroxyl groups excluding tert-OH is 1. The summed E-state index contributed by atoms with van der Waals surface area (Å²) < 4.78 is 1.68. The predicted octanol–water partition coefficient (Wildman–Crippen LogP) is 1.50. The van der Waals surface area contributed by atoms with Gasteiger partial charge in [-0.1, -0.05) is 0 Å². The topological polar surface area (TPSA) is 83.8 Å². The van der Waals surface area contributed by atoms with E-state index in [1.165, 1.54) is 6.20 Å². The molecule has 1 aliphatic rings. The van der Waals surface area contributed by atoms with E-state index >= 15 is 0 Å². The van der Waals surface area contributed by atoms with Gasteiger partial charge in [0.05, 0.1) is 6.20 Å². The molecule has 2 aromatic rings. The zero-order chi connectivity index (χ0) is 13.4. The van der Waals surface area contributed by atoms with Crippen LogP contribution in [0.4, 0.5) is 0 Å². The van der Waals surface area contributed by atoms with Gasteiger partial charge >= 0.3 is 5.69 Å². The van der Waals surface area contributed by atoms with Crippen LogP contribution < -0.4 is 5.69 Å². The van der Waals surface area contributed by atoms with E-state index in [1.807, 2.05) is 0 Å². The van der Waals surface area contributed by atoms with Crippen molar-refractivity contribution in [3.63, 3.8) is 0 Å². The standard InChI is InChI=1S/C12H15ClN4O2/c13-11-14-5-9-10(16-11)17(12(19)15-9)8-3-1-7(6-18)2-4-8/h5,7-8,18H,1-4,6H2,(H,15,19). The molecule has 0 aliphatic heterocycles. The van der Waals surface area contributed by atoms with Crippen molar-refractivity contribution in [1.82, 2.24) is 19.5 Å². The summed E-state index contributed by atoms with van der Waals surface area (Å²) in [6.07, 6.45) is 5.14. The first kappa shape index (κ1) is 12.6. The maximum absolute atomic E-state index is 12.0. The summed E-state index contributed by atoms with van der Waals surface area (Å²) in [7, 11) is 0. The highest BCUT2D eigenvalue weighted by Crippen LogP contribution is 2.32. The van der Waals surface area contributed by atoms with Gasteiger partial charge in [0.2, 0.25) is 5.28 Å². The van der Waals surface area contributed by atoms with Gasteiger partial charge < -0.3 is 10.1 Å². The van der Waals surface area contributed by atoms with Crippen molar-refractivity contribution < 1.29 is 5.11 Å². The monoisotopic (exact) mass is 282 g/mol. The molecule has 2 aromatic heterocycles. The first-order chi connectivity index (χ1) is 9.19. The molecule has 6 nitrogen and oxygen atoms in total. The van der Waals surface area contributed by atoms with Crippen molar-refractivity contribution in [2.75, 3.05) is 6.61 Å². The van der Waals surface area contributed by atoms with E-state index in [0.717, 1.165) is 25.7 Å². The molecule has 3 rings (SSSR count). The highest BCUT2D eigenvalue weighted by molar-refractivity contribution is 6.28. The van der Waals surface area contributed by atoms with Crippen LogP contribution >= 0.6 is 11.6 Å². The molecule has 7 heteroatoms. The van der Waals surface area contributed by atoms with E-state index < -0.39 is 0 Å². The lowest BCUT2D eigenvalue weighted by Crippen LogP contribution is -2.27. The second-order valence-corrected chi connectivity index (χ2v) is 5.37. The number of aliphatic hydroxyl groups is 1. The van der Waals surface area contributed by atoms with E-state index in [-0.39, 0.29) is 23.6 Å². The van der Waals surface area contributed by atoms with E-state index in [1.54, 1.807) is 4.57 Å². The molecular formula is C12H15ClN4O2. The molecule has 2 heterocycles. The summed E-state index contributed by atoms with van der Waals surface area (Å²) in [6, 6.07) is 0.120. The van der Waals surface area contributed by atoms with Crippen LogP contribution in [0, 0.1) is 5.92 Å². The number of halogens is 1. The van der Waals surface area contributed by atoms with Gasteiger partial charge in [0.1, 0.15) is 5.52 Å². The summed E-state index contributed by atoms with van der Waals surface area (Å²) in [6.45, 7) is 0.226. The molecule has 1 fully saturated rings. The normalized spacial score (nSPS) is 23.9. The summed E-state index contributed by atoms with van der Waals surface area (Å²) in [5, 5.41) is 9.30. The Morgan fingerprint density at radius 2 is 2.16 bits per heavy atom. The Balaban J connectivity index is 1.98. The second-order valence-electron chi connectivity index (χ2n) is 5.03. The molecule has 0 spiro atoms. The average molecular weight is 283 g/mol. The minimum atomic E-state index is -0.168. The number of nitrogens with zero attached hydrogens (tertiary/aromatic N) is 3. The molecule has 102 valence electrons. The minimum Gasteiger partial charge on any atom is -0.396 e. The number of fused-ring (bicyclic) bond motifs is 1. The maximum Gasteiger partial charge on any atom is 0.327 e. The van der Waals surface area contributed by atoms with Crippen molar-refractivity contribution in [3.05, 3.63) is 22.0 Å². The minimum absolute atomic E-state index is 0.120. The average Bonchev–Trinajstić information content (AvgIpc) is 2.74. The lowest BCUT2D eigenvalue weighted by molar-refractivity contribution is 0.169. The lowest BCUT2D eigenvalue weighted by atomic mass is 9.86. The Bertz CT molecular complexity index is 643. The van der Waals surface area contributed by atoms with Crippen LogP contribution in [0.5, 0.6) is 0 Å². The third-order valence-electron chi connectivity index (χ3n) is 3.87. The Hall–Kier alpha value is -1.40. The van der Waals surface area contributed by atoms with Gasteiger partial charge in [-0.25, -0.2) is 9.78 Å². The molecule has 0 aromatic carbocycles. The Kier molecular flexibility index (Phi) is 3.28. The van der Waals surface area contributed by atoms with Gasteiger partial charge in [0, 0.05) is 12.6 Å². The first-order valence-electron chi connectivity index (χ1n) is 6.42. The van der Waals surface area contributed by atoms with Crippen LogP contribution in [0.1, 0.15) is 31.7 Å². The van der Waals surface area contributed by atoms with Crippen molar-refractivity contribution >= 4 is 22.8 Å². The number of hydrogen-bond donors (Lipinski definition) is 2. The third-order valence-corrected chi connectivity index (χ3v) is 4.05. The van der Waals surface area contributed by atoms with E-state index in [2.05, 4.69) is 15.0 Å². The molecule has 0 bridgehead atoms. The zero-order valence-corrected chi connectivity index (χ0v) is 11.1. The van der Waals surface area contributed by atoms with Crippen molar-refractivity contribution in [1.29, 1.82) is 0 Å². The SMILES string of the molecule is O=c1[nH]c2cnc(Cl)nc2n1C1CCC(CO)CC1. The van der Waals surface area contributed by atoms with Crippen LogP contribution in [-0.4, -0.2) is 31.2 Å². The van der Waals surface area contributed by atoms with Crippen LogP contribution in [0.2, 0.25) is 5.28 Å². The molecule has 1 aliphatic carbocycles. The number of aromatic nitrogens is 4. The molecule has 0 saturated heterocycles. The van der Waals surface area contributed by atoms with E-state index in [4.69, 9.17) is 16.7 Å². The van der Waals surface area contributed by atoms with Crippen molar-refractivity contribution in [2.45, 2.75) is 31.7 Å². The highest BCUT2D eigenvalue weighted by Gasteiger charge is 2.25. The van der Waals surface area contributed by atoms with Crippen LogP contribution in [-0.2, 0) is 0 Å². The Morgan fingerprint density at radius 1 is 1.42 bits per heavy atom. The number of H-pyrrole nitrogens is 1. The Morgan fingerprint density at radius 3 is 2.84 bits per heavy atom. The summed E-state index contributed by atoms with van der Waals surface area (Å²) in [4.78, 5) is 22.8. The molecule has 19 heavy (non-hydrogen) atoms. The molecule has 1 saturated carbocycles. The fourth-order valence-electron chi connectivity index (χ4n) is 2.82. The van der Waals surface area contributed by atoms with Gasteiger partial charge in [-0.15, -0.1) is 0 Å². The van der Waals surface area contributed by atoms with Gasteiger partial charge in [-0.2, -0.15) is 4.98 Å². The number of hydrogen-bond acceptors (Lipinski definition) is 4. The largest absolute Gasteiger partial charge is 0.396 e. The van der Waals surface area contributed by atoms with Crippen LogP contribution in [0.15, 0.2) is 11.0 Å². The van der Waals surface area contributed by atoms with Gasteiger partial charge in [-0.3, -0.25) is 4.57 Å². The maximum atomic E-state index is 12.0. The van der Waals surface area contributed by atoms with Gasteiger partial charge in [0.15, 0.2) is 5.65 Å². The lowest BCUT2D eigenvalue weighted by Gasteiger charge is -2.27. The second kappa shape index (κ2) is 4.94. The summed E-state index contributed by atoms with van der Waals surface area (Å²) >= 11 is 5.80. The number of imidazole rings is 1. The molecule has 2 N–H and O–H groups in total. The van der Waals surface area contributed by atoms with Crippen LogP contribution in [0.3, 0.4) is 0 Å². The van der Waals surface area contributed by atoms with E-state index in [0.29, 0.717) is 17.1 Å². The zero-order valence-electron chi connectivity index (χ0n) is 10.3. The third kappa shape index (κ3) is 2.26. The quantitative estimate of drug-likeness (QED) is 0.818. The van der Waals surface area contributed by atoms with Crippen molar-refractivity contribution in [2.24, 2.45) is 5.92 Å². The smallest absolute Gasteiger partial charge is 0.327 e. The highest BCUT2D eigenvalue weighted by atomic mass is 35.5. The van der Waals surface area contributed by atoms with E-state index in [9.17, 15) is 4.79 Å². The summed E-state index contributed by atoms with van der Waals surface area (Å²) in [5.74, 6) is 0.357. The fraction of sp³-hybridized carbons (Fsp3) is 0.583. The molecule has 0 radical (unpaired) electrons. The first-order valence-corrected chi connectivity index (χ1v) is 6.80. The van der Waals surface area contributed by atoms with Gasteiger partial charge in [-0.05, 0) is 43.2 Å². The molecular weight excluding hydrogens is 268 g/mol. The molecule has 0 atom stereocenters. The fourth-order valence-corrected chi connectivity index (χ4v) is 2.95. The Labute approximate surface area is 114 Å². The molecule has 0 amide bonds. The number of rotatable bonds is 2.